The fraction of sp³-hybridized carbons (Fsp3) is 0.389. The summed E-state index contributed by atoms with van der Waals surface area (Å²) in [7, 11) is 1.26. The number of alkyl halides is 6. The first-order chi connectivity index (χ1) is 14.1. The van der Waals surface area contributed by atoms with E-state index in [0.717, 1.165) is 28.0 Å². The van der Waals surface area contributed by atoms with E-state index in [0.29, 0.717) is 30.8 Å². The van der Waals surface area contributed by atoms with Gasteiger partial charge in [-0.15, -0.1) is 0 Å². The molecular formula is C18H15AtF6N2O4. The molecule has 0 saturated carbocycles. The van der Waals surface area contributed by atoms with Crippen molar-refractivity contribution in [2.45, 2.75) is 30.9 Å². The maximum absolute atomic E-state index is 13.2. The third-order valence-electron chi connectivity index (χ3n) is 4.54. The second-order valence-corrected chi connectivity index (χ2v) is 8.26. The Kier molecular flexibility index (Phi) is 7.21. The van der Waals surface area contributed by atoms with Crippen molar-refractivity contribution >= 4 is 21.0 Å². The van der Waals surface area contributed by atoms with E-state index in [2.05, 4.69) is 0 Å². The maximum atomic E-state index is 13.2. The zero-order chi connectivity index (χ0) is 23.8. The molecule has 0 aromatic heterocycles. The first-order valence-electron chi connectivity index (χ1n) is 8.52. The number of imide groups is 1. The molecule has 0 fully saturated rings. The van der Waals surface area contributed by atoms with Gasteiger partial charge in [0.1, 0.15) is 0 Å². The van der Waals surface area contributed by atoms with E-state index in [1.54, 1.807) is 0 Å². The van der Waals surface area contributed by atoms with Crippen LogP contribution in [0, 0.1) is 24.7 Å². The summed E-state index contributed by atoms with van der Waals surface area (Å²) >= 11 is 0.518. The predicted octanol–water partition coefficient (Wildman–Crippen LogP) is 1.45. The first kappa shape index (κ1) is 25.3. The Balaban J connectivity index is 2.20. The summed E-state index contributed by atoms with van der Waals surface area (Å²) < 4.78 is 78.9. The van der Waals surface area contributed by atoms with E-state index in [1.165, 1.54) is 13.1 Å². The van der Waals surface area contributed by atoms with E-state index in [-0.39, 0.29) is 28.3 Å². The van der Waals surface area contributed by atoms with Crippen LogP contribution < -0.4 is 3.27 Å². The van der Waals surface area contributed by atoms with Crippen molar-refractivity contribution in [1.29, 1.82) is 0 Å². The van der Waals surface area contributed by atoms with Crippen LogP contribution in [-0.2, 0) is 26.5 Å². The molecule has 1 aromatic rings. The van der Waals surface area contributed by atoms with Gasteiger partial charge in [0.05, 0.1) is 0 Å². The Morgan fingerprint density at radius 3 is 2.06 bits per heavy atom. The molecule has 3 amide bonds. The Labute approximate surface area is 187 Å². The molecule has 2 rings (SSSR count). The summed E-state index contributed by atoms with van der Waals surface area (Å²) in [5.41, 5.74) is -6.50. The molecule has 0 unspecified atom stereocenters. The molecule has 170 valence electrons. The number of amides is 3. The number of hydrogen-bond donors (Lipinski definition) is 1. The van der Waals surface area contributed by atoms with Crippen molar-refractivity contribution in [1.82, 2.24) is 9.80 Å². The Bertz CT molecular complexity index is 897. The van der Waals surface area contributed by atoms with Gasteiger partial charge in [-0.1, -0.05) is 0 Å². The summed E-state index contributed by atoms with van der Waals surface area (Å²) in [5, 5.41) is 9.66. The molecule has 1 aliphatic rings. The molecule has 6 nitrogen and oxygen atoms in total. The standard InChI is InChI=1S/C18H15AtF6N2O4/c1-26(13(28)6-7-27-14(29)4-5-15(27)30)9-10-2-3-12(19)11(8-10)16(31,17(20,21)22)18(23,24)25/h2-5,8,31H,6-7,9H2,1H3/i19+1. The SMILES string of the molecule is CN(Cc1ccc([211At])c(C(O)(C(F)(F)F)C(F)(F)F)c1)C(=O)CCN1C(=O)C=CC1=O. The van der Waals surface area contributed by atoms with Gasteiger partial charge in [0.25, 0.3) is 0 Å². The molecule has 1 N–H and O–H groups in total. The number of benzene rings is 1. The van der Waals surface area contributed by atoms with Crippen LogP contribution in [0.2, 0.25) is 0 Å². The normalized spacial score (nSPS) is 15.1. The van der Waals surface area contributed by atoms with Crippen molar-refractivity contribution in [3.05, 3.63) is 41.5 Å². The summed E-state index contributed by atoms with van der Waals surface area (Å²) in [6.07, 6.45) is -10.3. The first-order valence-corrected chi connectivity index (χ1v) is 9.98. The van der Waals surface area contributed by atoms with Crippen LogP contribution >= 0.6 is 0 Å². The van der Waals surface area contributed by atoms with Crippen LogP contribution in [0.15, 0.2) is 30.4 Å². The van der Waals surface area contributed by atoms with Gasteiger partial charge in [-0.05, 0) is 0 Å². The molecule has 1 aliphatic heterocycles. The van der Waals surface area contributed by atoms with Crippen molar-refractivity contribution in [2.24, 2.45) is 0 Å². The fourth-order valence-electron chi connectivity index (χ4n) is 2.83. The minimum atomic E-state index is -6.02. The number of carbonyl (C=O) groups is 3. The van der Waals surface area contributed by atoms with E-state index in [1.807, 2.05) is 0 Å². The zero-order valence-electron chi connectivity index (χ0n) is 15.7. The van der Waals surface area contributed by atoms with Gasteiger partial charge in [0.15, 0.2) is 0 Å². The quantitative estimate of drug-likeness (QED) is 0.375. The van der Waals surface area contributed by atoms with Crippen LogP contribution in [0.5, 0.6) is 0 Å². The second-order valence-electron chi connectivity index (χ2n) is 6.68. The van der Waals surface area contributed by atoms with Crippen LogP contribution in [0.4, 0.5) is 26.3 Å². The number of rotatable bonds is 6. The van der Waals surface area contributed by atoms with E-state index < -0.39 is 41.2 Å². The molecule has 31 heavy (non-hydrogen) atoms. The van der Waals surface area contributed by atoms with Crippen LogP contribution in [0.1, 0.15) is 17.5 Å². The van der Waals surface area contributed by atoms with E-state index in [9.17, 15) is 45.8 Å². The summed E-state index contributed by atoms with van der Waals surface area (Å²) in [6.45, 7) is -0.582. The van der Waals surface area contributed by atoms with Gasteiger partial charge >= 0.3 is 187 Å². The predicted molar refractivity (Wildman–Crippen MR) is 89.0 cm³/mol. The minimum absolute atomic E-state index is 0.0760. The number of hydrogen-bond acceptors (Lipinski definition) is 4. The molecule has 0 bridgehead atoms. The number of halogens is 6. The van der Waals surface area contributed by atoms with Crippen LogP contribution in [0.3, 0.4) is 0 Å². The van der Waals surface area contributed by atoms with Crippen molar-refractivity contribution in [3.8, 4) is 0 Å². The van der Waals surface area contributed by atoms with Crippen LogP contribution in [0.25, 0.3) is 0 Å². The van der Waals surface area contributed by atoms with E-state index in [4.69, 9.17) is 0 Å². The summed E-state index contributed by atoms with van der Waals surface area (Å²) in [5.74, 6) is -1.78. The fourth-order valence-corrected chi connectivity index (χ4v) is 3.81. The number of aliphatic hydroxyl groups is 1. The molecule has 0 radical (unpaired) electrons. The third kappa shape index (κ3) is 5.08. The summed E-state index contributed by atoms with van der Waals surface area (Å²) in [6, 6.07) is 2.82. The molecule has 0 atom stereocenters. The van der Waals surface area contributed by atoms with Crippen molar-refractivity contribution in [2.75, 3.05) is 13.6 Å². The van der Waals surface area contributed by atoms with Gasteiger partial charge < -0.3 is 0 Å². The molecular weight excluding hydrogens is 633 g/mol. The number of carbonyl (C=O) groups excluding carboxylic acids is 3. The molecule has 1 aromatic carbocycles. The van der Waals surface area contributed by atoms with Crippen molar-refractivity contribution < 1.29 is 70.6 Å². The van der Waals surface area contributed by atoms with Gasteiger partial charge in [0.2, 0.25) is 0 Å². The van der Waals surface area contributed by atoms with Gasteiger partial charge in [0, 0.05) is 0 Å². The second kappa shape index (κ2) is 8.86. The number of nitrogens with zero attached hydrogens (tertiary/aromatic N) is 2. The summed E-state index contributed by atoms with van der Waals surface area (Å²) in [4.78, 5) is 37.0. The monoisotopic (exact) mass is 648 g/mol. The van der Waals surface area contributed by atoms with Gasteiger partial charge in [-0.2, -0.15) is 0 Å². The average Bonchev–Trinajstić information content (AvgIpc) is 2.96. The Hall–Kier alpha value is -2.01. The third-order valence-corrected chi connectivity index (χ3v) is 5.82. The van der Waals surface area contributed by atoms with Crippen LogP contribution in [-0.4, -0.2) is 58.6 Å². The Morgan fingerprint density at radius 2 is 1.58 bits per heavy atom. The molecule has 0 aliphatic carbocycles. The van der Waals surface area contributed by atoms with Gasteiger partial charge in [-0.25, -0.2) is 0 Å². The molecule has 0 saturated heterocycles. The average molecular weight is 648 g/mol. The molecule has 1 heterocycles. The Morgan fingerprint density at radius 1 is 1.06 bits per heavy atom. The van der Waals surface area contributed by atoms with Crippen molar-refractivity contribution in [3.63, 3.8) is 0 Å². The molecule has 0 spiro atoms. The van der Waals surface area contributed by atoms with E-state index >= 15 is 0 Å². The van der Waals surface area contributed by atoms with Gasteiger partial charge in [-0.3, -0.25) is 0 Å². The zero-order valence-corrected chi connectivity index (χ0v) is 18.7. The molecule has 13 heteroatoms. The topological polar surface area (TPSA) is 77.9 Å².